The van der Waals surface area contributed by atoms with Crippen LogP contribution in [0.4, 0.5) is 0 Å². The molecule has 4 nitrogen and oxygen atoms in total. The van der Waals surface area contributed by atoms with E-state index in [1.165, 1.54) is 12.0 Å². The van der Waals surface area contributed by atoms with Crippen LogP contribution < -0.4 is 0 Å². The Morgan fingerprint density at radius 1 is 1.28 bits per heavy atom. The summed E-state index contributed by atoms with van der Waals surface area (Å²) in [4.78, 5) is 24.6. The smallest absolute Gasteiger partial charge is 0.325 e. The van der Waals surface area contributed by atoms with Crippen LogP contribution in [0.15, 0.2) is 30.3 Å². The summed E-state index contributed by atoms with van der Waals surface area (Å²) in [6, 6.07) is 9.47. The third kappa shape index (κ3) is 4.75. The molecule has 0 bridgehead atoms. The highest BCUT2D eigenvalue weighted by atomic mass is 35.5. The lowest BCUT2D eigenvalue weighted by Gasteiger charge is -2.21. The van der Waals surface area contributed by atoms with E-state index in [0.717, 1.165) is 5.56 Å². The molecule has 0 aromatic heterocycles. The Morgan fingerprint density at radius 2 is 1.94 bits per heavy atom. The molecule has 1 amide bonds. The monoisotopic (exact) mass is 269 g/mol. The molecule has 1 aromatic carbocycles. The molecular weight excluding hydrogens is 254 g/mol. The maximum Gasteiger partial charge on any atom is 0.325 e. The van der Waals surface area contributed by atoms with Crippen molar-refractivity contribution in [2.75, 3.05) is 19.5 Å². The lowest BCUT2D eigenvalue weighted by molar-refractivity contribution is -0.147. The summed E-state index contributed by atoms with van der Waals surface area (Å²) in [5.74, 6) is -0.348. The predicted octanol–water partition coefficient (Wildman–Crippen LogP) is 1.82. The van der Waals surface area contributed by atoms with Crippen molar-refractivity contribution in [3.8, 4) is 0 Å². The summed E-state index contributed by atoms with van der Waals surface area (Å²) >= 11 is 5.55. The van der Waals surface area contributed by atoms with Crippen LogP contribution in [0.5, 0.6) is 0 Å². The number of carbonyl (C=O) groups is 2. The van der Waals surface area contributed by atoms with Gasteiger partial charge < -0.3 is 9.64 Å². The number of amides is 1. The summed E-state index contributed by atoms with van der Waals surface area (Å²) in [7, 11) is 1.30. The molecule has 1 aromatic rings. The molecule has 5 heteroatoms. The maximum atomic E-state index is 11.8. The molecule has 0 aliphatic heterocycles. The zero-order chi connectivity index (χ0) is 13.4. The fraction of sp³-hybridized carbons (Fsp3) is 0.385. The lowest BCUT2D eigenvalue weighted by Crippen LogP contribution is -2.35. The van der Waals surface area contributed by atoms with Crippen molar-refractivity contribution >= 4 is 23.5 Å². The Bertz CT molecular complexity index is 394. The highest BCUT2D eigenvalue weighted by Gasteiger charge is 2.17. The van der Waals surface area contributed by atoms with Crippen LogP contribution in [0.25, 0.3) is 0 Å². The minimum Gasteiger partial charge on any atom is -0.468 e. The number of hydrogen-bond donors (Lipinski definition) is 0. The summed E-state index contributed by atoms with van der Waals surface area (Å²) in [6.45, 7) is 0.326. The van der Waals surface area contributed by atoms with E-state index in [0.29, 0.717) is 6.54 Å². The number of ether oxygens (including phenoxy) is 1. The first-order valence-corrected chi connectivity index (χ1v) is 6.15. The van der Waals surface area contributed by atoms with E-state index in [2.05, 4.69) is 4.74 Å². The number of hydrogen-bond acceptors (Lipinski definition) is 3. The SMILES string of the molecule is COC(=O)CN(Cc1ccccc1)C(=O)CCCl. The number of alkyl halides is 1. The molecule has 0 radical (unpaired) electrons. The van der Waals surface area contributed by atoms with Gasteiger partial charge in [0.1, 0.15) is 6.54 Å². The number of esters is 1. The van der Waals surface area contributed by atoms with Crippen molar-refractivity contribution in [1.82, 2.24) is 4.90 Å². The molecule has 0 atom stereocenters. The summed E-state index contributed by atoms with van der Waals surface area (Å²) in [5, 5.41) is 0. The Hall–Kier alpha value is -1.55. The molecule has 18 heavy (non-hydrogen) atoms. The van der Waals surface area contributed by atoms with Crippen molar-refractivity contribution in [1.29, 1.82) is 0 Å². The van der Waals surface area contributed by atoms with Crippen LogP contribution in [-0.2, 0) is 20.9 Å². The third-order valence-electron chi connectivity index (χ3n) is 2.42. The van der Waals surface area contributed by atoms with Gasteiger partial charge in [0.05, 0.1) is 7.11 Å². The van der Waals surface area contributed by atoms with Gasteiger partial charge in [-0.15, -0.1) is 11.6 Å². The second kappa shape index (κ2) is 7.71. The van der Waals surface area contributed by atoms with Crippen LogP contribution >= 0.6 is 11.6 Å². The molecule has 0 saturated heterocycles. The third-order valence-corrected chi connectivity index (χ3v) is 2.61. The van der Waals surface area contributed by atoms with Crippen LogP contribution in [0, 0.1) is 0 Å². The van der Waals surface area contributed by atoms with Crippen molar-refractivity contribution in [2.24, 2.45) is 0 Å². The first kappa shape index (κ1) is 14.5. The van der Waals surface area contributed by atoms with Gasteiger partial charge in [0.15, 0.2) is 0 Å². The van der Waals surface area contributed by atoms with Crippen molar-refractivity contribution < 1.29 is 14.3 Å². The predicted molar refractivity (Wildman–Crippen MR) is 69.2 cm³/mol. The number of halogens is 1. The average molecular weight is 270 g/mol. The second-order valence-electron chi connectivity index (χ2n) is 3.75. The molecule has 0 aliphatic rings. The van der Waals surface area contributed by atoms with E-state index in [1.807, 2.05) is 30.3 Å². The zero-order valence-electron chi connectivity index (χ0n) is 10.3. The summed E-state index contributed by atoms with van der Waals surface area (Å²) in [6.07, 6.45) is 0.214. The first-order valence-electron chi connectivity index (χ1n) is 5.62. The minimum absolute atomic E-state index is 0.0544. The molecule has 0 N–H and O–H groups in total. The van der Waals surface area contributed by atoms with Gasteiger partial charge in [-0.3, -0.25) is 9.59 Å². The summed E-state index contributed by atoms with van der Waals surface area (Å²) < 4.78 is 4.58. The quantitative estimate of drug-likeness (QED) is 0.585. The van der Waals surface area contributed by atoms with Gasteiger partial charge >= 0.3 is 5.97 Å². The lowest BCUT2D eigenvalue weighted by atomic mass is 10.2. The molecule has 1 rings (SSSR count). The van der Waals surface area contributed by atoms with Gasteiger partial charge in [0.25, 0.3) is 0 Å². The van der Waals surface area contributed by atoms with Gasteiger partial charge in [0, 0.05) is 18.8 Å². The van der Waals surface area contributed by atoms with E-state index >= 15 is 0 Å². The highest BCUT2D eigenvalue weighted by molar-refractivity contribution is 6.18. The van der Waals surface area contributed by atoms with E-state index in [9.17, 15) is 9.59 Å². The second-order valence-corrected chi connectivity index (χ2v) is 4.13. The molecule has 0 heterocycles. The minimum atomic E-state index is -0.436. The average Bonchev–Trinajstić information content (AvgIpc) is 2.39. The molecule has 0 fully saturated rings. The fourth-order valence-corrected chi connectivity index (χ4v) is 1.66. The number of nitrogens with zero attached hydrogens (tertiary/aromatic N) is 1. The molecule has 98 valence electrons. The zero-order valence-corrected chi connectivity index (χ0v) is 11.0. The molecule has 0 saturated carbocycles. The van der Waals surface area contributed by atoms with E-state index in [1.54, 1.807) is 0 Å². The van der Waals surface area contributed by atoms with Crippen LogP contribution in [0.1, 0.15) is 12.0 Å². The van der Waals surface area contributed by atoms with Gasteiger partial charge in [0.2, 0.25) is 5.91 Å². The first-order chi connectivity index (χ1) is 8.67. The number of rotatable bonds is 6. The van der Waals surface area contributed by atoms with Crippen molar-refractivity contribution in [3.05, 3.63) is 35.9 Å². The highest BCUT2D eigenvalue weighted by Crippen LogP contribution is 2.06. The van der Waals surface area contributed by atoms with Crippen LogP contribution in [0.2, 0.25) is 0 Å². The number of benzene rings is 1. The van der Waals surface area contributed by atoms with Crippen LogP contribution in [0.3, 0.4) is 0 Å². The topological polar surface area (TPSA) is 46.6 Å². The normalized spacial score (nSPS) is 9.89. The Morgan fingerprint density at radius 3 is 2.50 bits per heavy atom. The Kier molecular flexibility index (Phi) is 6.22. The Balaban J connectivity index is 2.71. The van der Waals surface area contributed by atoms with Crippen LogP contribution in [-0.4, -0.2) is 36.3 Å². The van der Waals surface area contributed by atoms with Gasteiger partial charge in [-0.2, -0.15) is 0 Å². The van der Waals surface area contributed by atoms with Crippen molar-refractivity contribution in [2.45, 2.75) is 13.0 Å². The van der Waals surface area contributed by atoms with Gasteiger partial charge in [-0.05, 0) is 5.56 Å². The molecule has 0 spiro atoms. The van der Waals surface area contributed by atoms with Crippen molar-refractivity contribution in [3.63, 3.8) is 0 Å². The standard InChI is InChI=1S/C13H16ClNO3/c1-18-13(17)10-15(12(16)7-8-14)9-11-5-3-2-4-6-11/h2-6H,7-10H2,1H3. The molecular formula is C13H16ClNO3. The molecule has 0 unspecified atom stereocenters. The van der Waals surface area contributed by atoms with E-state index < -0.39 is 5.97 Å². The fourth-order valence-electron chi connectivity index (χ4n) is 1.50. The van der Waals surface area contributed by atoms with Gasteiger partial charge in [-0.25, -0.2) is 0 Å². The maximum absolute atomic E-state index is 11.8. The summed E-state index contributed by atoms with van der Waals surface area (Å²) in [5.41, 5.74) is 0.962. The number of carbonyl (C=O) groups excluding carboxylic acids is 2. The van der Waals surface area contributed by atoms with E-state index in [-0.39, 0.29) is 24.8 Å². The molecule has 0 aliphatic carbocycles. The Labute approximate surface area is 111 Å². The van der Waals surface area contributed by atoms with Gasteiger partial charge in [-0.1, -0.05) is 30.3 Å². The largest absolute Gasteiger partial charge is 0.468 e. The van der Waals surface area contributed by atoms with E-state index in [4.69, 9.17) is 11.6 Å². The number of methoxy groups -OCH3 is 1.